The van der Waals surface area contributed by atoms with Crippen LogP contribution in [-0.4, -0.2) is 33.9 Å². The van der Waals surface area contributed by atoms with Crippen LogP contribution in [0.25, 0.3) is 5.65 Å². The summed E-state index contributed by atoms with van der Waals surface area (Å²) in [6, 6.07) is 1.78. The first-order chi connectivity index (χ1) is 8.68. The Labute approximate surface area is 108 Å². The van der Waals surface area contributed by atoms with Crippen molar-refractivity contribution in [1.82, 2.24) is 14.6 Å². The number of hydrogen-bond donors (Lipinski definition) is 0. The maximum atomic E-state index is 14.0. The fourth-order valence-corrected chi connectivity index (χ4v) is 3.03. The average Bonchev–Trinajstić information content (AvgIpc) is 2.83. The average molecular weight is 267 g/mol. The van der Waals surface area contributed by atoms with Crippen molar-refractivity contribution in [1.29, 1.82) is 0 Å². The van der Waals surface area contributed by atoms with Gasteiger partial charge in [0, 0.05) is 37.0 Å². The molecule has 94 valence electrons. The first-order valence-electron chi connectivity index (χ1n) is 6.07. The largest absolute Gasteiger partial charge is 0.365 e. The minimum atomic E-state index is -0.737. The molecule has 1 aliphatic heterocycles. The summed E-state index contributed by atoms with van der Waals surface area (Å²) in [5, 5.41) is 4.54. The minimum Gasteiger partial charge on any atom is -0.365 e. The molecule has 2 aromatic heterocycles. The molecule has 0 N–H and O–H groups in total. The number of nitrogens with zero attached hydrogens (tertiary/aromatic N) is 4. The van der Waals surface area contributed by atoms with Crippen LogP contribution in [0, 0.1) is 5.41 Å². The van der Waals surface area contributed by atoms with Crippen LogP contribution in [0.2, 0.25) is 5.15 Å². The Morgan fingerprint density at radius 1 is 1.44 bits per heavy atom. The molecule has 1 unspecified atom stereocenters. The molecule has 2 fully saturated rings. The summed E-state index contributed by atoms with van der Waals surface area (Å²) >= 11 is 6.00. The molecule has 1 atom stereocenters. The molecular formula is C12H12ClFN4. The van der Waals surface area contributed by atoms with Gasteiger partial charge >= 0.3 is 0 Å². The quantitative estimate of drug-likeness (QED) is 0.794. The summed E-state index contributed by atoms with van der Waals surface area (Å²) in [6.07, 6.45) is 4.68. The number of halogens is 2. The Morgan fingerprint density at radius 3 is 3.00 bits per heavy atom. The summed E-state index contributed by atoms with van der Waals surface area (Å²) in [5.41, 5.74) is 1.52. The van der Waals surface area contributed by atoms with Crippen LogP contribution >= 0.6 is 11.6 Å². The van der Waals surface area contributed by atoms with E-state index in [2.05, 4.69) is 10.1 Å². The predicted octanol–water partition coefficient (Wildman–Crippen LogP) is 2.32. The lowest BCUT2D eigenvalue weighted by Crippen LogP contribution is -2.21. The van der Waals surface area contributed by atoms with Crippen LogP contribution in [0.1, 0.15) is 12.8 Å². The lowest BCUT2D eigenvalue weighted by atomic mass is 10.1. The van der Waals surface area contributed by atoms with Crippen molar-refractivity contribution in [3.05, 3.63) is 23.6 Å². The number of hydrogen-bond acceptors (Lipinski definition) is 3. The van der Waals surface area contributed by atoms with E-state index in [-0.39, 0.29) is 5.41 Å². The highest BCUT2D eigenvalue weighted by atomic mass is 35.5. The topological polar surface area (TPSA) is 33.4 Å². The molecule has 18 heavy (non-hydrogen) atoms. The van der Waals surface area contributed by atoms with Crippen molar-refractivity contribution in [2.75, 3.05) is 18.0 Å². The second kappa shape index (κ2) is 3.35. The van der Waals surface area contributed by atoms with Crippen molar-refractivity contribution < 1.29 is 4.39 Å². The highest BCUT2D eigenvalue weighted by Gasteiger charge is 2.56. The van der Waals surface area contributed by atoms with Crippen LogP contribution in [0.15, 0.2) is 18.5 Å². The number of fused-ring (bicyclic) bond motifs is 1. The van der Waals surface area contributed by atoms with Crippen molar-refractivity contribution in [3.8, 4) is 0 Å². The zero-order valence-corrected chi connectivity index (χ0v) is 10.4. The van der Waals surface area contributed by atoms with Gasteiger partial charge in [0.15, 0.2) is 10.8 Å². The van der Waals surface area contributed by atoms with Crippen molar-refractivity contribution in [3.63, 3.8) is 0 Å². The highest BCUT2D eigenvalue weighted by Crippen LogP contribution is 2.55. The minimum absolute atomic E-state index is 0.0979. The lowest BCUT2D eigenvalue weighted by Gasteiger charge is -2.18. The third-order valence-corrected chi connectivity index (χ3v) is 4.28. The Balaban J connectivity index is 1.80. The molecule has 0 radical (unpaired) electrons. The monoisotopic (exact) mass is 266 g/mol. The predicted molar refractivity (Wildman–Crippen MR) is 66.8 cm³/mol. The molecule has 3 heterocycles. The maximum Gasteiger partial charge on any atom is 0.177 e. The molecule has 0 bridgehead atoms. The fourth-order valence-electron chi connectivity index (χ4n) is 2.85. The first kappa shape index (κ1) is 10.6. The van der Waals surface area contributed by atoms with Crippen LogP contribution in [0.3, 0.4) is 0 Å². The molecule has 1 saturated carbocycles. The van der Waals surface area contributed by atoms with Gasteiger partial charge in [-0.3, -0.25) is 0 Å². The highest BCUT2D eigenvalue weighted by molar-refractivity contribution is 6.29. The molecule has 2 aromatic rings. The van der Waals surface area contributed by atoms with Gasteiger partial charge in [0.25, 0.3) is 0 Å². The molecule has 1 aliphatic carbocycles. The van der Waals surface area contributed by atoms with E-state index in [1.807, 2.05) is 4.90 Å². The van der Waals surface area contributed by atoms with E-state index in [0.29, 0.717) is 11.7 Å². The lowest BCUT2D eigenvalue weighted by molar-refractivity contribution is 0.267. The van der Waals surface area contributed by atoms with Gasteiger partial charge < -0.3 is 4.90 Å². The summed E-state index contributed by atoms with van der Waals surface area (Å²) in [7, 11) is 0. The van der Waals surface area contributed by atoms with Crippen molar-refractivity contribution in [2.24, 2.45) is 5.41 Å². The molecule has 6 heteroatoms. The van der Waals surface area contributed by atoms with Gasteiger partial charge in [-0.2, -0.15) is 5.10 Å². The summed E-state index contributed by atoms with van der Waals surface area (Å²) in [6.45, 7) is 1.19. The summed E-state index contributed by atoms with van der Waals surface area (Å²) < 4.78 is 15.7. The number of anilines is 1. The van der Waals surface area contributed by atoms with Crippen molar-refractivity contribution >= 4 is 22.9 Å². The smallest absolute Gasteiger partial charge is 0.177 e. The Kier molecular flexibility index (Phi) is 1.96. The SMILES string of the molecule is FC1CN(c2cc(Cl)nn3ccnc23)CC12CC2. The normalized spacial score (nSPS) is 25.2. The summed E-state index contributed by atoms with van der Waals surface area (Å²) in [5.74, 6) is 0. The molecule has 1 saturated heterocycles. The van der Waals surface area contributed by atoms with Crippen molar-refractivity contribution in [2.45, 2.75) is 19.0 Å². The zero-order valence-electron chi connectivity index (χ0n) is 9.68. The van der Waals surface area contributed by atoms with E-state index in [4.69, 9.17) is 11.6 Å². The number of rotatable bonds is 1. The molecule has 0 amide bonds. The fraction of sp³-hybridized carbons (Fsp3) is 0.500. The van der Waals surface area contributed by atoms with E-state index in [0.717, 1.165) is 30.7 Å². The van der Waals surface area contributed by atoms with E-state index in [1.54, 1.807) is 23.0 Å². The van der Waals surface area contributed by atoms with Gasteiger partial charge in [-0.15, -0.1) is 0 Å². The Bertz CT molecular complexity index is 622. The van der Waals surface area contributed by atoms with Gasteiger partial charge in [-0.1, -0.05) is 11.6 Å². The molecule has 4 rings (SSSR count). The van der Waals surface area contributed by atoms with Crippen LogP contribution in [0.4, 0.5) is 10.1 Å². The van der Waals surface area contributed by atoms with Gasteiger partial charge in [0.2, 0.25) is 0 Å². The number of aromatic nitrogens is 3. The Hall–Kier alpha value is -1.36. The Morgan fingerprint density at radius 2 is 2.28 bits per heavy atom. The molecule has 0 aromatic carbocycles. The number of alkyl halides is 1. The second-order valence-electron chi connectivity index (χ2n) is 5.26. The third kappa shape index (κ3) is 1.37. The van der Waals surface area contributed by atoms with Gasteiger partial charge in [0.05, 0.1) is 5.69 Å². The number of imidazole rings is 1. The van der Waals surface area contributed by atoms with Crippen LogP contribution < -0.4 is 4.90 Å². The standard InChI is InChI=1S/C12H12ClFN4/c13-10-5-8(11-15-3-4-18(11)16-10)17-6-9(14)12(7-17)1-2-12/h3-5,9H,1-2,6-7H2. The first-order valence-corrected chi connectivity index (χ1v) is 6.45. The zero-order chi connectivity index (χ0) is 12.3. The third-order valence-electron chi connectivity index (χ3n) is 4.09. The molecule has 2 aliphatic rings. The second-order valence-corrected chi connectivity index (χ2v) is 5.65. The van der Waals surface area contributed by atoms with E-state index in [1.165, 1.54) is 0 Å². The molecular weight excluding hydrogens is 255 g/mol. The van der Waals surface area contributed by atoms with Crippen LogP contribution in [0.5, 0.6) is 0 Å². The van der Waals surface area contributed by atoms with Gasteiger partial charge in [-0.25, -0.2) is 13.9 Å². The maximum absolute atomic E-state index is 14.0. The van der Waals surface area contributed by atoms with E-state index < -0.39 is 6.17 Å². The van der Waals surface area contributed by atoms with Crippen LogP contribution in [-0.2, 0) is 0 Å². The van der Waals surface area contributed by atoms with Gasteiger partial charge in [-0.05, 0) is 12.8 Å². The molecule has 1 spiro atoms. The van der Waals surface area contributed by atoms with E-state index >= 15 is 0 Å². The summed E-state index contributed by atoms with van der Waals surface area (Å²) in [4.78, 5) is 6.32. The van der Waals surface area contributed by atoms with E-state index in [9.17, 15) is 4.39 Å². The molecule has 4 nitrogen and oxygen atoms in total. The van der Waals surface area contributed by atoms with Gasteiger partial charge in [0.1, 0.15) is 6.17 Å².